The van der Waals surface area contributed by atoms with E-state index < -0.39 is 11.4 Å². The van der Waals surface area contributed by atoms with Gasteiger partial charge < -0.3 is 10.0 Å². The first-order valence-corrected chi connectivity index (χ1v) is 6.89. The lowest BCUT2D eigenvalue weighted by Gasteiger charge is -2.20. The molecule has 7 heteroatoms. The van der Waals surface area contributed by atoms with Gasteiger partial charge in [0.15, 0.2) is 0 Å². The molecule has 1 aromatic heterocycles. The van der Waals surface area contributed by atoms with Crippen molar-refractivity contribution in [2.75, 3.05) is 13.1 Å². The van der Waals surface area contributed by atoms with Gasteiger partial charge in [0.25, 0.3) is 0 Å². The molecule has 2 fully saturated rings. The van der Waals surface area contributed by atoms with Crippen molar-refractivity contribution in [3.63, 3.8) is 0 Å². The van der Waals surface area contributed by atoms with Crippen LogP contribution in [0.5, 0.6) is 0 Å². The third-order valence-corrected chi connectivity index (χ3v) is 4.19. The van der Waals surface area contributed by atoms with Gasteiger partial charge in [0.2, 0.25) is 5.91 Å². The predicted molar refractivity (Wildman–Crippen MR) is 68.9 cm³/mol. The average molecular weight is 278 g/mol. The van der Waals surface area contributed by atoms with E-state index in [1.807, 2.05) is 6.20 Å². The lowest BCUT2D eigenvalue weighted by Crippen LogP contribution is -2.36. The minimum Gasteiger partial charge on any atom is -0.481 e. The Labute approximate surface area is 116 Å². The third-order valence-electron chi connectivity index (χ3n) is 4.19. The number of amides is 1. The van der Waals surface area contributed by atoms with Crippen molar-refractivity contribution in [1.29, 1.82) is 0 Å². The predicted octanol–water partition coefficient (Wildman–Crippen LogP) is 0.479. The summed E-state index contributed by atoms with van der Waals surface area (Å²) in [6.45, 7) is 2.58. The molecular weight excluding hydrogens is 260 g/mol. The van der Waals surface area contributed by atoms with Crippen molar-refractivity contribution in [3.8, 4) is 0 Å². The van der Waals surface area contributed by atoms with Crippen molar-refractivity contribution in [2.45, 2.75) is 38.6 Å². The molecule has 1 atom stereocenters. The number of carbonyl (C=O) groups excluding carboxylic acids is 1. The minimum absolute atomic E-state index is 0.0952. The molecule has 0 aromatic carbocycles. The zero-order valence-corrected chi connectivity index (χ0v) is 11.4. The molecular formula is C13H18N4O3. The van der Waals surface area contributed by atoms with Crippen molar-refractivity contribution >= 4 is 11.9 Å². The van der Waals surface area contributed by atoms with Crippen molar-refractivity contribution in [3.05, 3.63) is 11.9 Å². The Morgan fingerprint density at radius 1 is 1.50 bits per heavy atom. The summed E-state index contributed by atoms with van der Waals surface area (Å²) in [4.78, 5) is 24.9. The van der Waals surface area contributed by atoms with E-state index in [-0.39, 0.29) is 19.0 Å². The van der Waals surface area contributed by atoms with Crippen LogP contribution < -0.4 is 0 Å². The molecule has 1 amide bonds. The summed E-state index contributed by atoms with van der Waals surface area (Å²) < 4.78 is 1.55. The van der Waals surface area contributed by atoms with Crippen LogP contribution in [0.2, 0.25) is 0 Å². The Balaban J connectivity index is 1.60. The van der Waals surface area contributed by atoms with Crippen LogP contribution >= 0.6 is 0 Å². The highest BCUT2D eigenvalue weighted by atomic mass is 16.4. The van der Waals surface area contributed by atoms with Crippen LogP contribution in [0.1, 0.15) is 37.8 Å². The third kappa shape index (κ3) is 2.39. The number of aliphatic carboxylic acids is 1. The molecule has 0 spiro atoms. The Morgan fingerprint density at radius 2 is 2.25 bits per heavy atom. The van der Waals surface area contributed by atoms with Crippen LogP contribution in [-0.2, 0) is 16.1 Å². The molecule has 3 rings (SSSR count). The maximum Gasteiger partial charge on any atom is 0.311 e. The molecule has 2 heterocycles. The summed E-state index contributed by atoms with van der Waals surface area (Å²) in [5.41, 5.74) is 0.131. The summed E-state index contributed by atoms with van der Waals surface area (Å²) >= 11 is 0. The molecule has 0 unspecified atom stereocenters. The first kappa shape index (κ1) is 13.1. The van der Waals surface area contributed by atoms with E-state index in [4.69, 9.17) is 5.11 Å². The second-order valence-electron chi connectivity index (χ2n) is 6.05. The zero-order chi connectivity index (χ0) is 14.3. The van der Waals surface area contributed by atoms with Gasteiger partial charge >= 0.3 is 5.97 Å². The number of nitrogens with zero attached hydrogens (tertiary/aromatic N) is 4. The highest BCUT2D eigenvalue weighted by Crippen LogP contribution is 2.38. The second kappa shape index (κ2) is 4.57. The Hall–Kier alpha value is -1.92. The Morgan fingerprint density at radius 3 is 2.85 bits per heavy atom. The van der Waals surface area contributed by atoms with E-state index in [1.165, 1.54) is 0 Å². The van der Waals surface area contributed by atoms with Gasteiger partial charge in [-0.3, -0.25) is 9.59 Å². The van der Waals surface area contributed by atoms with E-state index in [1.54, 1.807) is 16.5 Å². The number of hydrogen-bond donors (Lipinski definition) is 1. The monoisotopic (exact) mass is 278 g/mol. The average Bonchev–Trinajstić information content (AvgIpc) is 3.01. The van der Waals surface area contributed by atoms with Gasteiger partial charge in [0.1, 0.15) is 6.54 Å². The zero-order valence-electron chi connectivity index (χ0n) is 11.4. The number of aromatic nitrogens is 3. The lowest BCUT2D eigenvalue weighted by molar-refractivity contribution is -0.147. The summed E-state index contributed by atoms with van der Waals surface area (Å²) in [6.07, 6.45) is 4.62. The standard InChI is InChI=1S/C13H18N4O3/c1-13(12(19)20)4-5-16(8-13)11(18)7-17-6-10(14-15-17)9-2-3-9/h6,9H,2-5,7-8H2,1H3,(H,19,20)/t13-/m1/s1. The molecule has 0 bridgehead atoms. The molecule has 2 aliphatic rings. The Bertz CT molecular complexity index is 552. The van der Waals surface area contributed by atoms with Gasteiger partial charge in [0.05, 0.1) is 11.1 Å². The summed E-state index contributed by atoms with van der Waals surface area (Å²) in [7, 11) is 0. The van der Waals surface area contributed by atoms with Crippen LogP contribution in [0.25, 0.3) is 0 Å². The van der Waals surface area contributed by atoms with Crippen molar-refractivity contribution < 1.29 is 14.7 Å². The molecule has 1 aliphatic heterocycles. The summed E-state index contributed by atoms with van der Waals surface area (Å²) in [6, 6.07) is 0. The lowest BCUT2D eigenvalue weighted by atomic mass is 9.90. The van der Waals surface area contributed by atoms with Crippen LogP contribution in [0.3, 0.4) is 0 Å². The SMILES string of the molecule is C[C@@]1(C(=O)O)CCN(C(=O)Cn2cc(C3CC3)nn2)C1. The van der Waals surface area contributed by atoms with Gasteiger partial charge in [-0.25, -0.2) is 4.68 Å². The second-order valence-corrected chi connectivity index (χ2v) is 6.05. The smallest absolute Gasteiger partial charge is 0.311 e. The number of carboxylic acid groups (broad SMARTS) is 1. The van der Waals surface area contributed by atoms with E-state index in [0.29, 0.717) is 18.9 Å². The van der Waals surface area contributed by atoms with Crippen LogP contribution in [0.15, 0.2) is 6.20 Å². The molecule has 20 heavy (non-hydrogen) atoms. The maximum atomic E-state index is 12.2. The van der Waals surface area contributed by atoms with E-state index in [2.05, 4.69) is 10.3 Å². The molecule has 1 saturated heterocycles. The molecule has 0 radical (unpaired) electrons. The molecule has 1 N–H and O–H groups in total. The number of hydrogen-bond acceptors (Lipinski definition) is 4. The first-order chi connectivity index (χ1) is 9.48. The highest BCUT2D eigenvalue weighted by Gasteiger charge is 2.42. The summed E-state index contributed by atoms with van der Waals surface area (Å²) in [5.74, 6) is -0.423. The summed E-state index contributed by atoms with van der Waals surface area (Å²) in [5, 5.41) is 17.2. The fourth-order valence-corrected chi connectivity index (χ4v) is 2.54. The largest absolute Gasteiger partial charge is 0.481 e. The number of carbonyl (C=O) groups is 2. The first-order valence-electron chi connectivity index (χ1n) is 6.89. The molecule has 1 saturated carbocycles. The van der Waals surface area contributed by atoms with E-state index >= 15 is 0 Å². The number of rotatable bonds is 4. The van der Waals surface area contributed by atoms with Crippen LogP contribution in [0, 0.1) is 5.41 Å². The van der Waals surface area contributed by atoms with Gasteiger partial charge in [-0.15, -0.1) is 5.10 Å². The Kier molecular flexibility index (Phi) is 2.99. The number of carboxylic acids is 1. The molecule has 108 valence electrons. The van der Waals surface area contributed by atoms with Crippen LogP contribution in [0.4, 0.5) is 0 Å². The van der Waals surface area contributed by atoms with Gasteiger partial charge in [-0.2, -0.15) is 0 Å². The topological polar surface area (TPSA) is 88.3 Å². The van der Waals surface area contributed by atoms with Crippen LogP contribution in [-0.4, -0.2) is 50.0 Å². The normalized spacial score (nSPS) is 25.9. The van der Waals surface area contributed by atoms with Crippen molar-refractivity contribution in [2.24, 2.45) is 5.41 Å². The molecule has 1 aromatic rings. The van der Waals surface area contributed by atoms with Gasteiger partial charge in [-0.05, 0) is 26.2 Å². The fourth-order valence-electron chi connectivity index (χ4n) is 2.54. The maximum absolute atomic E-state index is 12.2. The fraction of sp³-hybridized carbons (Fsp3) is 0.692. The quantitative estimate of drug-likeness (QED) is 0.865. The number of likely N-dealkylation sites (tertiary alicyclic amines) is 1. The minimum atomic E-state index is -0.843. The molecule has 7 nitrogen and oxygen atoms in total. The van der Waals surface area contributed by atoms with Gasteiger partial charge in [-0.1, -0.05) is 5.21 Å². The van der Waals surface area contributed by atoms with E-state index in [9.17, 15) is 9.59 Å². The van der Waals surface area contributed by atoms with E-state index in [0.717, 1.165) is 18.5 Å². The van der Waals surface area contributed by atoms with Gasteiger partial charge in [0, 0.05) is 25.2 Å². The highest BCUT2D eigenvalue weighted by molar-refractivity contribution is 5.80. The molecule has 1 aliphatic carbocycles. The van der Waals surface area contributed by atoms with Crippen molar-refractivity contribution in [1.82, 2.24) is 19.9 Å².